The molecule has 21 heavy (non-hydrogen) atoms. The lowest BCUT2D eigenvalue weighted by Crippen LogP contribution is -2.38. The highest BCUT2D eigenvalue weighted by atomic mass is 16.5. The Bertz CT molecular complexity index is 568. The Kier molecular flexibility index (Phi) is 4.15. The fraction of sp³-hybridized carbons (Fsp3) is 0.412. The van der Waals surface area contributed by atoms with E-state index in [4.69, 9.17) is 4.74 Å². The second kappa shape index (κ2) is 6.22. The zero-order valence-corrected chi connectivity index (χ0v) is 12.6. The molecular weight excluding hydrogens is 262 g/mol. The summed E-state index contributed by atoms with van der Waals surface area (Å²) < 4.78 is 6.07. The number of ether oxygens (including phenoxy) is 1. The lowest BCUT2D eigenvalue weighted by atomic mass is 10.2. The summed E-state index contributed by atoms with van der Waals surface area (Å²) in [6.45, 7) is 0. The first-order chi connectivity index (χ1) is 10.2. The Morgan fingerprint density at radius 2 is 2.00 bits per heavy atom. The molecule has 2 aromatic heterocycles. The second-order valence-electron chi connectivity index (χ2n) is 5.72. The number of pyridine rings is 2. The number of aromatic nitrogens is 2. The van der Waals surface area contributed by atoms with Crippen LogP contribution in [-0.2, 0) is 0 Å². The van der Waals surface area contributed by atoms with Crippen molar-refractivity contribution in [1.29, 1.82) is 0 Å². The van der Waals surface area contributed by atoms with Crippen LogP contribution in [0.1, 0.15) is 19.3 Å². The number of hydrogen-bond acceptors (Lipinski definition) is 4. The molecule has 4 heteroatoms. The van der Waals surface area contributed by atoms with Gasteiger partial charge in [-0.2, -0.15) is 0 Å². The average molecular weight is 283 g/mol. The summed E-state index contributed by atoms with van der Waals surface area (Å²) in [5, 5.41) is 0. The molecule has 1 fully saturated rings. The quantitative estimate of drug-likeness (QED) is 0.864. The summed E-state index contributed by atoms with van der Waals surface area (Å²) in [6, 6.07) is 10.3. The fourth-order valence-electron chi connectivity index (χ4n) is 2.92. The Balaban J connectivity index is 1.70. The maximum absolute atomic E-state index is 6.07. The van der Waals surface area contributed by atoms with E-state index >= 15 is 0 Å². The smallest absolute Gasteiger partial charge is 0.213 e. The molecule has 0 aromatic carbocycles. The van der Waals surface area contributed by atoms with Crippen LogP contribution in [0.15, 0.2) is 42.7 Å². The molecule has 4 nitrogen and oxygen atoms in total. The van der Waals surface area contributed by atoms with E-state index in [1.54, 1.807) is 6.20 Å². The predicted octanol–water partition coefficient (Wildman–Crippen LogP) is 3.01. The van der Waals surface area contributed by atoms with E-state index in [-0.39, 0.29) is 6.10 Å². The number of rotatable bonds is 4. The van der Waals surface area contributed by atoms with Crippen molar-refractivity contribution in [3.05, 3.63) is 42.7 Å². The predicted molar refractivity (Wildman–Crippen MR) is 83.2 cm³/mol. The molecule has 0 unspecified atom stereocenters. The first kappa shape index (κ1) is 14.0. The molecule has 0 aliphatic heterocycles. The molecule has 1 aliphatic carbocycles. The largest absolute Gasteiger partial charge is 0.473 e. The van der Waals surface area contributed by atoms with Gasteiger partial charge in [0, 0.05) is 30.1 Å². The van der Waals surface area contributed by atoms with E-state index in [2.05, 4.69) is 29.0 Å². The van der Waals surface area contributed by atoms with Crippen LogP contribution in [0.5, 0.6) is 5.88 Å². The van der Waals surface area contributed by atoms with Crippen LogP contribution in [0.4, 0.5) is 0 Å². The van der Waals surface area contributed by atoms with Gasteiger partial charge in [-0.25, -0.2) is 4.98 Å². The first-order valence-electron chi connectivity index (χ1n) is 7.44. The molecule has 1 saturated carbocycles. The zero-order chi connectivity index (χ0) is 14.7. The molecule has 110 valence electrons. The molecule has 0 spiro atoms. The van der Waals surface area contributed by atoms with Gasteiger partial charge in [-0.05, 0) is 51.6 Å². The number of hydrogen-bond donors (Lipinski definition) is 0. The van der Waals surface area contributed by atoms with Crippen LogP contribution < -0.4 is 4.74 Å². The molecule has 1 aliphatic rings. The highest BCUT2D eigenvalue weighted by Gasteiger charge is 2.30. The monoisotopic (exact) mass is 283 g/mol. The molecule has 0 saturated heterocycles. The molecule has 0 N–H and O–H groups in total. The molecule has 2 heterocycles. The van der Waals surface area contributed by atoms with E-state index in [9.17, 15) is 0 Å². The number of likely N-dealkylation sites (N-methyl/N-ethyl adjacent to an activating group) is 1. The van der Waals surface area contributed by atoms with Crippen molar-refractivity contribution in [3.63, 3.8) is 0 Å². The minimum absolute atomic E-state index is 0.244. The lowest BCUT2D eigenvalue weighted by Gasteiger charge is -2.26. The van der Waals surface area contributed by atoms with Gasteiger partial charge in [0.1, 0.15) is 6.10 Å². The van der Waals surface area contributed by atoms with E-state index in [0.717, 1.165) is 17.7 Å². The molecule has 2 atom stereocenters. The fourth-order valence-corrected chi connectivity index (χ4v) is 2.92. The van der Waals surface area contributed by atoms with E-state index in [0.29, 0.717) is 11.9 Å². The van der Waals surface area contributed by atoms with Crippen LogP contribution in [0, 0.1) is 0 Å². The normalized spacial score (nSPS) is 21.7. The van der Waals surface area contributed by atoms with Crippen molar-refractivity contribution in [3.8, 4) is 17.1 Å². The van der Waals surface area contributed by atoms with Crippen molar-refractivity contribution in [2.24, 2.45) is 0 Å². The molecule has 0 amide bonds. The molecule has 2 aromatic rings. The van der Waals surface area contributed by atoms with Crippen molar-refractivity contribution >= 4 is 0 Å². The topological polar surface area (TPSA) is 38.2 Å². The van der Waals surface area contributed by atoms with E-state index in [1.807, 2.05) is 36.5 Å². The van der Waals surface area contributed by atoms with Gasteiger partial charge in [0.25, 0.3) is 0 Å². The average Bonchev–Trinajstić information content (AvgIpc) is 2.97. The Morgan fingerprint density at radius 1 is 1.10 bits per heavy atom. The van der Waals surface area contributed by atoms with Gasteiger partial charge < -0.3 is 9.64 Å². The highest BCUT2D eigenvalue weighted by molar-refractivity contribution is 5.57. The van der Waals surface area contributed by atoms with Gasteiger partial charge in [0.2, 0.25) is 5.88 Å². The SMILES string of the molecule is CN(C)[C@@H]1CCC[C@H]1Oc1ccc(-c2ccccn2)cn1. The summed E-state index contributed by atoms with van der Waals surface area (Å²) in [7, 11) is 4.23. The van der Waals surface area contributed by atoms with Crippen molar-refractivity contribution < 1.29 is 4.74 Å². The van der Waals surface area contributed by atoms with Gasteiger partial charge in [-0.1, -0.05) is 6.07 Å². The van der Waals surface area contributed by atoms with Gasteiger partial charge in [-0.3, -0.25) is 4.98 Å². The molecule has 0 radical (unpaired) electrons. The molecule has 0 bridgehead atoms. The minimum atomic E-state index is 0.244. The summed E-state index contributed by atoms with van der Waals surface area (Å²) in [5.41, 5.74) is 1.95. The van der Waals surface area contributed by atoms with Crippen molar-refractivity contribution in [2.45, 2.75) is 31.4 Å². The highest BCUT2D eigenvalue weighted by Crippen LogP contribution is 2.27. The third-order valence-corrected chi connectivity index (χ3v) is 4.05. The lowest BCUT2D eigenvalue weighted by molar-refractivity contribution is 0.116. The molecule has 3 rings (SSSR count). The maximum atomic E-state index is 6.07. The Hall–Kier alpha value is -1.94. The van der Waals surface area contributed by atoms with Crippen LogP contribution >= 0.6 is 0 Å². The van der Waals surface area contributed by atoms with Gasteiger partial charge in [0.15, 0.2) is 0 Å². The van der Waals surface area contributed by atoms with Gasteiger partial charge >= 0.3 is 0 Å². The molecular formula is C17H21N3O. The van der Waals surface area contributed by atoms with Gasteiger partial charge in [0.05, 0.1) is 5.69 Å². The van der Waals surface area contributed by atoms with Crippen LogP contribution in [0.25, 0.3) is 11.3 Å². The summed E-state index contributed by atoms with van der Waals surface area (Å²) in [5.74, 6) is 0.702. The van der Waals surface area contributed by atoms with Crippen LogP contribution in [0.3, 0.4) is 0 Å². The van der Waals surface area contributed by atoms with Crippen molar-refractivity contribution in [2.75, 3.05) is 14.1 Å². The minimum Gasteiger partial charge on any atom is -0.473 e. The first-order valence-corrected chi connectivity index (χ1v) is 7.44. The summed E-state index contributed by atoms with van der Waals surface area (Å²) >= 11 is 0. The van der Waals surface area contributed by atoms with Gasteiger partial charge in [-0.15, -0.1) is 0 Å². The van der Waals surface area contributed by atoms with Crippen molar-refractivity contribution in [1.82, 2.24) is 14.9 Å². The second-order valence-corrected chi connectivity index (χ2v) is 5.72. The summed E-state index contributed by atoms with van der Waals surface area (Å²) in [6.07, 6.45) is 7.39. The van der Waals surface area contributed by atoms with E-state index < -0.39 is 0 Å². The maximum Gasteiger partial charge on any atom is 0.213 e. The van der Waals surface area contributed by atoms with Crippen LogP contribution in [0.2, 0.25) is 0 Å². The zero-order valence-electron chi connectivity index (χ0n) is 12.6. The Labute approximate surface area is 125 Å². The standard InChI is InChI=1S/C17H21N3O/c1-20(2)15-7-5-8-16(15)21-17-10-9-13(12-19-17)14-6-3-4-11-18-14/h3-4,6,9-12,15-16H,5,7-8H2,1-2H3/t15-,16-/m1/s1. The third kappa shape index (κ3) is 3.22. The number of nitrogens with zero attached hydrogens (tertiary/aromatic N) is 3. The van der Waals surface area contributed by atoms with Crippen LogP contribution in [-0.4, -0.2) is 41.1 Å². The summed E-state index contributed by atoms with van der Waals surface area (Å²) in [4.78, 5) is 11.0. The Morgan fingerprint density at radius 3 is 2.67 bits per heavy atom. The van der Waals surface area contributed by atoms with E-state index in [1.165, 1.54) is 12.8 Å². The third-order valence-electron chi connectivity index (χ3n) is 4.05.